The van der Waals surface area contributed by atoms with E-state index in [-0.39, 0.29) is 11.7 Å². The lowest BCUT2D eigenvalue weighted by Gasteiger charge is -2.13. The predicted molar refractivity (Wildman–Crippen MR) is 76.3 cm³/mol. The van der Waals surface area contributed by atoms with Crippen LogP contribution in [0, 0.1) is 12.7 Å². The van der Waals surface area contributed by atoms with Gasteiger partial charge < -0.3 is 10.6 Å². The van der Waals surface area contributed by atoms with Gasteiger partial charge in [0.15, 0.2) is 5.69 Å². The number of hydrogen-bond donors (Lipinski definition) is 3. The van der Waals surface area contributed by atoms with E-state index < -0.39 is 0 Å². The number of rotatable bonds is 3. The number of hydrogen-bond acceptors (Lipinski definition) is 3. The lowest BCUT2D eigenvalue weighted by atomic mass is 10.1. The molecular weight excluding hydrogens is 271 g/mol. The van der Waals surface area contributed by atoms with Gasteiger partial charge in [-0.15, -0.1) is 0 Å². The maximum Gasteiger partial charge on any atom is 0.272 e. The zero-order valence-electron chi connectivity index (χ0n) is 11.8. The van der Waals surface area contributed by atoms with Crippen LogP contribution in [0.25, 0.3) is 0 Å². The van der Waals surface area contributed by atoms with Gasteiger partial charge in [0.1, 0.15) is 5.82 Å². The first kappa shape index (κ1) is 13.8. The molecule has 110 valence electrons. The van der Waals surface area contributed by atoms with Crippen molar-refractivity contribution in [1.82, 2.24) is 20.8 Å². The quantitative estimate of drug-likeness (QED) is 0.800. The summed E-state index contributed by atoms with van der Waals surface area (Å²) in [5, 5.41) is 13.1. The van der Waals surface area contributed by atoms with Gasteiger partial charge in [-0.3, -0.25) is 9.89 Å². The number of aryl methyl sites for hydroxylation is 1. The molecule has 3 N–H and O–H groups in total. The maximum atomic E-state index is 13.2. The molecule has 1 aliphatic heterocycles. The van der Waals surface area contributed by atoms with Crippen molar-refractivity contribution in [3.8, 4) is 0 Å². The molecular formula is C15H17FN4O. The van der Waals surface area contributed by atoms with E-state index >= 15 is 0 Å². The average Bonchev–Trinajstić information content (AvgIpc) is 2.92. The van der Waals surface area contributed by atoms with Gasteiger partial charge in [0.05, 0.1) is 0 Å². The summed E-state index contributed by atoms with van der Waals surface area (Å²) in [4.78, 5) is 12.2. The van der Waals surface area contributed by atoms with Gasteiger partial charge in [0.25, 0.3) is 5.91 Å². The lowest BCUT2D eigenvalue weighted by molar-refractivity contribution is 0.0944. The lowest BCUT2D eigenvalue weighted by Crippen LogP contribution is -2.28. The predicted octanol–water partition coefficient (Wildman–Crippen LogP) is 1.43. The minimum Gasteiger partial charge on any atom is -0.347 e. The first-order valence-corrected chi connectivity index (χ1v) is 6.95. The Kier molecular flexibility index (Phi) is 3.70. The number of benzene rings is 1. The Bertz CT molecular complexity index is 680. The van der Waals surface area contributed by atoms with E-state index in [4.69, 9.17) is 0 Å². The fraction of sp³-hybridized carbons (Fsp3) is 0.333. The molecule has 1 aromatic carbocycles. The number of aromatic amines is 1. The van der Waals surface area contributed by atoms with E-state index in [0.717, 1.165) is 29.8 Å². The Morgan fingerprint density at radius 2 is 2.33 bits per heavy atom. The number of nitrogens with one attached hydrogen (secondary N) is 3. The second-order valence-electron chi connectivity index (χ2n) is 5.22. The van der Waals surface area contributed by atoms with Crippen LogP contribution in [-0.4, -0.2) is 22.6 Å². The Balaban J connectivity index is 1.69. The fourth-order valence-electron chi connectivity index (χ4n) is 2.50. The van der Waals surface area contributed by atoms with Crippen LogP contribution in [0.4, 0.5) is 4.39 Å². The number of carbonyl (C=O) groups is 1. The molecule has 0 aliphatic carbocycles. The smallest absolute Gasteiger partial charge is 0.272 e. The SMILES string of the molecule is Cc1cc(CNC(=O)c2n[nH]c3c2CNCC3)ccc1F. The van der Waals surface area contributed by atoms with Crippen LogP contribution < -0.4 is 10.6 Å². The van der Waals surface area contributed by atoms with E-state index in [9.17, 15) is 9.18 Å². The molecule has 1 aliphatic rings. The topological polar surface area (TPSA) is 69.8 Å². The number of carbonyl (C=O) groups excluding carboxylic acids is 1. The van der Waals surface area contributed by atoms with Crippen LogP contribution in [-0.2, 0) is 19.5 Å². The third-order valence-corrected chi connectivity index (χ3v) is 3.70. The molecule has 1 aromatic heterocycles. The number of aromatic nitrogens is 2. The van der Waals surface area contributed by atoms with E-state index in [0.29, 0.717) is 24.3 Å². The highest BCUT2D eigenvalue weighted by atomic mass is 19.1. The van der Waals surface area contributed by atoms with Crippen molar-refractivity contribution >= 4 is 5.91 Å². The summed E-state index contributed by atoms with van der Waals surface area (Å²) in [6.45, 7) is 3.61. The van der Waals surface area contributed by atoms with Gasteiger partial charge in [0, 0.05) is 37.3 Å². The molecule has 0 spiro atoms. The zero-order valence-corrected chi connectivity index (χ0v) is 11.8. The Morgan fingerprint density at radius 1 is 1.48 bits per heavy atom. The van der Waals surface area contributed by atoms with Crippen LogP contribution in [0.3, 0.4) is 0 Å². The minimum absolute atomic E-state index is 0.210. The molecule has 0 bridgehead atoms. The van der Waals surface area contributed by atoms with Crippen molar-refractivity contribution in [2.75, 3.05) is 6.54 Å². The third kappa shape index (κ3) is 2.80. The van der Waals surface area contributed by atoms with Crippen molar-refractivity contribution in [2.45, 2.75) is 26.4 Å². The fourth-order valence-corrected chi connectivity index (χ4v) is 2.50. The highest BCUT2D eigenvalue weighted by Gasteiger charge is 2.21. The normalized spacial score (nSPS) is 13.8. The molecule has 0 saturated heterocycles. The van der Waals surface area contributed by atoms with Crippen molar-refractivity contribution in [1.29, 1.82) is 0 Å². The third-order valence-electron chi connectivity index (χ3n) is 3.70. The van der Waals surface area contributed by atoms with Crippen LogP contribution in [0.2, 0.25) is 0 Å². The highest BCUT2D eigenvalue weighted by molar-refractivity contribution is 5.94. The van der Waals surface area contributed by atoms with Gasteiger partial charge in [0.2, 0.25) is 0 Å². The standard InChI is InChI=1S/C15H17FN4O/c1-9-6-10(2-3-12(9)16)7-18-15(21)14-11-8-17-5-4-13(11)19-20-14/h2-3,6,17H,4-5,7-8H2,1H3,(H,18,21)(H,19,20). The molecule has 0 unspecified atom stereocenters. The molecule has 3 rings (SSSR count). The van der Waals surface area contributed by atoms with Gasteiger partial charge in [-0.05, 0) is 24.1 Å². The zero-order chi connectivity index (χ0) is 14.8. The van der Waals surface area contributed by atoms with Crippen molar-refractivity contribution in [3.05, 3.63) is 52.1 Å². The number of nitrogens with zero attached hydrogens (tertiary/aromatic N) is 1. The molecule has 2 heterocycles. The average molecular weight is 288 g/mol. The van der Waals surface area contributed by atoms with Crippen LogP contribution >= 0.6 is 0 Å². The van der Waals surface area contributed by atoms with E-state index in [1.54, 1.807) is 19.1 Å². The Hall–Kier alpha value is -2.21. The second-order valence-corrected chi connectivity index (χ2v) is 5.22. The Labute approximate surface area is 121 Å². The summed E-state index contributed by atoms with van der Waals surface area (Å²) in [6.07, 6.45) is 0.854. The van der Waals surface area contributed by atoms with Gasteiger partial charge in [-0.25, -0.2) is 4.39 Å². The number of amides is 1. The van der Waals surface area contributed by atoms with Gasteiger partial charge in [-0.1, -0.05) is 12.1 Å². The minimum atomic E-state index is -0.238. The molecule has 0 saturated carbocycles. The summed E-state index contributed by atoms with van der Waals surface area (Å²) in [6, 6.07) is 4.82. The Morgan fingerprint density at radius 3 is 3.14 bits per heavy atom. The molecule has 2 aromatic rings. The van der Waals surface area contributed by atoms with E-state index in [1.807, 2.05) is 0 Å². The molecule has 1 amide bonds. The first-order valence-electron chi connectivity index (χ1n) is 6.95. The van der Waals surface area contributed by atoms with Crippen molar-refractivity contribution in [3.63, 3.8) is 0 Å². The number of H-pyrrole nitrogens is 1. The van der Waals surface area contributed by atoms with Crippen LogP contribution in [0.15, 0.2) is 18.2 Å². The molecule has 6 heteroatoms. The summed E-state index contributed by atoms with van der Waals surface area (Å²) in [5.74, 6) is -0.448. The number of halogens is 1. The van der Waals surface area contributed by atoms with Crippen LogP contribution in [0.5, 0.6) is 0 Å². The number of fused-ring (bicyclic) bond motifs is 1. The van der Waals surface area contributed by atoms with E-state index in [1.165, 1.54) is 6.07 Å². The second kappa shape index (κ2) is 5.65. The van der Waals surface area contributed by atoms with E-state index in [2.05, 4.69) is 20.8 Å². The van der Waals surface area contributed by atoms with Crippen molar-refractivity contribution in [2.24, 2.45) is 0 Å². The monoisotopic (exact) mass is 288 g/mol. The van der Waals surface area contributed by atoms with Crippen molar-refractivity contribution < 1.29 is 9.18 Å². The summed E-state index contributed by atoms with van der Waals surface area (Å²) >= 11 is 0. The molecule has 0 radical (unpaired) electrons. The largest absolute Gasteiger partial charge is 0.347 e. The molecule has 21 heavy (non-hydrogen) atoms. The maximum absolute atomic E-state index is 13.2. The van der Waals surface area contributed by atoms with Gasteiger partial charge in [-0.2, -0.15) is 5.10 Å². The highest BCUT2D eigenvalue weighted by Crippen LogP contribution is 2.15. The van der Waals surface area contributed by atoms with Gasteiger partial charge >= 0.3 is 0 Å². The summed E-state index contributed by atoms with van der Waals surface area (Å²) in [5.41, 5.74) is 3.84. The molecule has 0 atom stereocenters. The summed E-state index contributed by atoms with van der Waals surface area (Å²) < 4.78 is 13.2. The van der Waals surface area contributed by atoms with Crippen LogP contribution in [0.1, 0.15) is 32.9 Å². The first-order chi connectivity index (χ1) is 10.1. The molecule has 5 nitrogen and oxygen atoms in total. The summed E-state index contributed by atoms with van der Waals surface area (Å²) in [7, 11) is 0. The molecule has 0 fully saturated rings.